The highest BCUT2D eigenvalue weighted by atomic mass is 16.3. The SMILES string of the molecule is Bc1c(B)c(B)c(-c2c(B)c(B)c(N(c3c(B)c(B)c(-c4c(B)c(B)c(-c5c(B)c(B)c(B)c6c(B)c(B)c(B)c(B)c56)c(B)c4B)c(B)c3B)c3c(B)c(B)c(-c4c(B)c(B)c(B)c5c4oc4c(B)c(B)c(B)c(B)c45)c(B)c3B)c(B)c2B)c(B)c1B. The molecule has 89 heavy (non-hydrogen) atoms. The summed E-state index contributed by atoms with van der Waals surface area (Å²) in [4.78, 5) is 2.77. The van der Waals surface area contributed by atoms with Crippen molar-refractivity contribution in [2.45, 2.75) is 0 Å². The van der Waals surface area contributed by atoms with Crippen LogP contribution in [0.2, 0.25) is 0 Å². The van der Waals surface area contributed by atoms with Crippen LogP contribution < -0.4 is 196 Å². The van der Waals surface area contributed by atoms with Gasteiger partial charge in [-0.1, -0.05) is 153 Å². The Morgan fingerprint density at radius 3 is 0.640 bits per heavy atom. The number of benzene rings is 9. The second-order valence-electron chi connectivity index (χ2n) is 28.5. The van der Waals surface area contributed by atoms with E-state index in [1.54, 1.807) is 0 Å². The first-order chi connectivity index (χ1) is 41.4. The Morgan fingerprint density at radius 2 is 0.315 bits per heavy atom. The number of anilines is 3. The van der Waals surface area contributed by atoms with Crippen LogP contribution in [0.15, 0.2) is 4.42 Å². The highest BCUT2D eigenvalue weighted by Gasteiger charge is 2.34. The van der Waals surface area contributed by atoms with E-state index in [1.807, 2.05) is 0 Å². The maximum atomic E-state index is 7.36. The van der Waals surface area contributed by atoms with Crippen molar-refractivity contribution in [2.75, 3.05) is 4.90 Å². The molecule has 1 aromatic heterocycles. The minimum absolute atomic E-state index is 1.01. The Bertz CT molecular complexity index is 4820. The largest absolute Gasteiger partial charge is 0.456 e. The molecule has 0 saturated carbocycles. The Hall–Kier alpha value is -4.89. The number of nitrogens with zero attached hydrogens (tertiary/aromatic N) is 1. The van der Waals surface area contributed by atoms with Crippen LogP contribution in [-0.4, -0.2) is 275 Å². The molecule has 10 rings (SSSR count). The van der Waals surface area contributed by atoms with Gasteiger partial charge < -0.3 is 9.32 Å². The predicted octanol–water partition coefficient (Wildman–Crippen LogP) is -46.1. The third-order valence-corrected chi connectivity index (χ3v) is 25.3. The lowest BCUT2D eigenvalue weighted by molar-refractivity contribution is 0.673. The summed E-state index contributed by atoms with van der Waals surface area (Å²) in [6.45, 7) is 0. The summed E-state index contributed by atoms with van der Waals surface area (Å²) >= 11 is 0. The fourth-order valence-corrected chi connectivity index (χ4v) is 17.2. The van der Waals surface area contributed by atoms with E-state index >= 15 is 0 Å². The van der Waals surface area contributed by atoms with E-state index in [0.717, 1.165) is 11.2 Å². The molecule has 9 aromatic carbocycles. The first kappa shape index (κ1) is 67.0. The molecule has 0 saturated heterocycles. The van der Waals surface area contributed by atoms with Crippen molar-refractivity contribution >= 4 is 516 Å². The highest BCUT2D eigenvalue weighted by molar-refractivity contribution is 6.78. The van der Waals surface area contributed by atoms with Gasteiger partial charge >= 0.3 is 0 Å². The molecule has 2 nitrogen and oxygen atoms in total. The van der Waals surface area contributed by atoms with E-state index in [0.29, 0.717) is 0 Å². The first-order valence-electron chi connectivity index (χ1n) is 33.1. The average Bonchev–Trinajstić information content (AvgIpc) is 1.70. The molecule has 0 amide bonds. The van der Waals surface area contributed by atoms with Crippen molar-refractivity contribution < 1.29 is 4.42 Å². The number of hydrogen-bond acceptors (Lipinski definition) is 2. The Labute approximate surface area is 565 Å². The van der Waals surface area contributed by atoms with Gasteiger partial charge in [-0.05, 0) is 49.7 Å². The molecule has 1 heterocycles. The van der Waals surface area contributed by atoms with Crippen LogP contribution in [0, 0.1) is 0 Å². The third kappa shape index (κ3) is 9.25. The van der Waals surface area contributed by atoms with Gasteiger partial charge in [-0.15, -0.1) is 38.2 Å². The summed E-state index contributed by atoms with van der Waals surface area (Å²) < 4.78 is 7.36. The summed E-state index contributed by atoms with van der Waals surface area (Å²) in [7, 11) is 82.7. The van der Waals surface area contributed by atoms with E-state index in [2.05, 4.69) is 280 Å². The quantitative estimate of drug-likeness (QED) is 0.148. The molecule has 0 aliphatic carbocycles. The Morgan fingerprint density at radius 1 is 0.135 bits per heavy atom. The second-order valence-corrected chi connectivity index (χ2v) is 28.5. The molecule has 0 spiro atoms. The number of rotatable bonds is 7. The zero-order valence-electron chi connectivity index (χ0n) is 61.9. The van der Waals surface area contributed by atoms with Crippen molar-refractivity contribution in [3.63, 3.8) is 0 Å². The van der Waals surface area contributed by atoms with Gasteiger partial charge in [0.05, 0.1) is 0 Å². The van der Waals surface area contributed by atoms with Crippen molar-refractivity contribution in [3.05, 3.63) is 0 Å². The summed E-state index contributed by atoms with van der Waals surface area (Å²) in [6.07, 6.45) is 0. The fourth-order valence-electron chi connectivity index (χ4n) is 17.2. The van der Waals surface area contributed by atoms with Crippen LogP contribution >= 0.6 is 0 Å². The molecule has 0 aliphatic rings. The minimum Gasteiger partial charge on any atom is -0.456 e. The number of fused-ring (bicyclic) bond motifs is 4. The zero-order chi connectivity index (χ0) is 66.3. The van der Waals surface area contributed by atoms with Crippen LogP contribution in [0.5, 0.6) is 0 Å². The lowest BCUT2D eigenvalue weighted by atomic mass is 9.55. The molecule has 0 bridgehead atoms. The average molecular weight is 1100 g/mol. The van der Waals surface area contributed by atoms with E-state index < -0.39 is 0 Å². The Balaban J connectivity index is 1.32. The molecule has 10 aromatic rings. The summed E-state index contributed by atoms with van der Waals surface area (Å²) in [5.41, 5.74) is 63.9. The lowest BCUT2D eigenvalue weighted by Crippen LogP contribution is -2.58. The van der Waals surface area contributed by atoms with Crippen LogP contribution in [0.4, 0.5) is 17.1 Å². The zero-order valence-corrected chi connectivity index (χ0v) is 61.9. The fraction of sp³-hybridized carbons (Fsp3) is 0. The van der Waals surface area contributed by atoms with Crippen LogP contribution in [0.3, 0.4) is 0 Å². The monoisotopic (exact) mass is 1110 g/mol. The molecule has 0 radical (unpaired) electrons. The van der Waals surface area contributed by atoms with Crippen LogP contribution in [0.25, 0.3) is 77.2 Å². The van der Waals surface area contributed by atoms with Crippen molar-refractivity contribution in [1.29, 1.82) is 0 Å². The maximum Gasteiger partial charge on any atom is 0.143 e. The van der Waals surface area contributed by atoms with Gasteiger partial charge in [-0.3, -0.25) is 0 Å². The van der Waals surface area contributed by atoms with E-state index in [9.17, 15) is 0 Å². The summed E-state index contributed by atoms with van der Waals surface area (Å²) in [5.74, 6) is 0. The molecular weight excluding hydrogens is 1030 g/mol. The summed E-state index contributed by atoms with van der Waals surface area (Å²) in [6, 6.07) is 0. The smallest absolute Gasteiger partial charge is 0.143 e. The topological polar surface area (TPSA) is 16.4 Å². The number of hydrogen-bond donors (Lipinski definition) is 0. The summed E-state index contributed by atoms with van der Waals surface area (Å²) in [5, 5.41) is 5.39. The molecule has 0 unspecified atom stereocenters. The second kappa shape index (κ2) is 23.3. The van der Waals surface area contributed by atoms with Crippen molar-refractivity contribution in [1.82, 2.24) is 0 Å². The minimum atomic E-state index is 1.01. The normalized spacial score (nSPS) is 11.6. The van der Waals surface area contributed by atoms with Gasteiger partial charge in [0, 0.05) is 33.4 Å². The van der Waals surface area contributed by atoms with Gasteiger partial charge in [0.15, 0.2) is 0 Å². The van der Waals surface area contributed by atoms with Gasteiger partial charge in [0.1, 0.15) is 286 Å². The van der Waals surface area contributed by atoms with E-state index in [-0.39, 0.29) is 0 Å². The van der Waals surface area contributed by atoms with Gasteiger partial charge in [-0.2, -0.15) is 0 Å². The van der Waals surface area contributed by atoms with Gasteiger partial charge in [0.25, 0.3) is 0 Å². The molecule has 0 aliphatic heterocycles. The van der Waals surface area contributed by atoms with Crippen molar-refractivity contribution in [3.8, 4) is 44.5 Å². The molecule has 0 atom stereocenters. The Kier molecular flexibility index (Phi) is 17.5. The highest BCUT2D eigenvalue weighted by Crippen LogP contribution is 2.33. The van der Waals surface area contributed by atoms with Crippen LogP contribution in [-0.2, 0) is 0 Å². The molecular formula is C52H70B35NO. The molecule has 37 heteroatoms. The van der Waals surface area contributed by atoms with E-state index in [1.165, 1.54) is 274 Å². The van der Waals surface area contributed by atoms with Crippen molar-refractivity contribution in [2.24, 2.45) is 0 Å². The lowest BCUT2D eigenvalue weighted by Gasteiger charge is -2.40. The molecule has 0 fully saturated rings. The predicted molar refractivity (Wildman–Crippen MR) is 514 cm³/mol. The maximum absolute atomic E-state index is 7.36. The van der Waals surface area contributed by atoms with E-state index in [4.69, 9.17) is 4.42 Å². The van der Waals surface area contributed by atoms with Crippen LogP contribution in [0.1, 0.15) is 0 Å². The molecule has 394 valence electrons. The van der Waals surface area contributed by atoms with Gasteiger partial charge in [0.2, 0.25) is 0 Å². The first-order valence-corrected chi connectivity index (χ1v) is 33.1. The third-order valence-electron chi connectivity index (χ3n) is 25.3. The standard InChI is InChI=1S/C52H70B35NO/c53-13-1(2-4(19(59)32(13)72)20(60)35(75)34(74)14(2)54)3-15(55)17(57)5(18(58)16(3)56)7-23(63)41(81)48(42(82)24(7)64)88(49-43(83)25(65)8(26(66)44(49)84)6-21(61)36(76)39(79)37(77)22(6)62)50-45(85)27(67)9(28(68)46(50)86)10-29(69)33(73)30(70)11-12-31(71)38(78)40(80)47(87)52(12)89-51(10)11/h53-87H2. The number of furan rings is 1. The molecule has 0 N–H and O–H groups in total. The van der Waals surface area contributed by atoms with Gasteiger partial charge in [-0.25, -0.2) is 0 Å².